The Bertz CT molecular complexity index is 877. The number of hydrogen-bond donors (Lipinski definition) is 0. The van der Waals surface area contributed by atoms with E-state index in [1.54, 1.807) is 7.11 Å². The standard InChI is InChI=1S/C22H18O2/c1-23-18-13-11-17(12-14-18)22-19-9-5-6-10-21(19)24-15-20(22)16-7-3-2-4-8-16/h2-14H,15H2,1H3. The SMILES string of the molecule is COc1ccc(C2=C(c3ccccc3)COc3ccccc32)cc1. The molecule has 0 unspecified atom stereocenters. The van der Waals surface area contributed by atoms with Crippen LogP contribution in [0.15, 0.2) is 78.9 Å². The molecule has 2 nitrogen and oxygen atoms in total. The van der Waals surface area contributed by atoms with Crippen molar-refractivity contribution < 1.29 is 9.47 Å². The van der Waals surface area contributed by atoms with E-state index < -0.39 is 0 Å². The van der Waals surface area contributed by atoms with Crippen molar-refractivity contribution in [2.24, 2.45) is 0 Å². The Kier molecular flexibility index (Phi) is 3.80. The van der Waals surface area contributed by atoms with Gasteiger partial charge in [-0.15, -0.1) is 0 Å². The molecule has 0 saturated heterocycles. The van der Waals surface area contributed by atoms with Gasteiger partial charge in [0.05, 0.1) is 7.11 Å². The molecule has 0 N–H and O–H groups in total. The van der Waals surface area contributed by atoms with Gasteiger partial charge < -0.3 is 9.47 Å². The highest BCUT2D eigenvalue weighted by atomic mass is 16.5. The molecular formula is C22H18O2. The molecular weight excluding hydrogens is 296 g/mol. The summed E-state index contributed by atoms with van der Waals surface area (Å²) in [4.78, 5) is 0. The van der Waals surface area contributed by atoms with Gasteiger partial charge in [-0.05, 0) is 34.9 Å². The van der Waals surface area contributed by atoms with Gasteiger partial charge in [-0.1, -0.05) is 60.7 Å². The van der Waals surface area contributed by atoms with Gasteiger partial charge in [-0.25, -0.2) is 0 Å². The second-order valence-corrected chi connectivity index (χ2v) is 5.73. The summed E-state index contributed by atoms with van der Waals surface area (Å²) in [5, 5.41) is 0. The Labute approximate surface area is 142 Å². The molecule has 0 atom stereocenters. The van der Waals surface area contributed by atoms with Crippen molar-refractivity contribution in [2.75, 3.05) is 13.7 Å². The highest BCUT2D eigenvalue weighted by Crippen LogP contribution is 2.41. The van der Waals surface area contributed by atoms with Crippen molar-refractivity contribution in [3.63, 3.8) is 0 Å². The molecule has 1 aliphatic rings. The van der Waals surface area contributed by atoms with Crippen molar-refractivity contribution in [1.82, 2.24) is 0 Å². The number of benzene rings is 3. The van der Waals surface area contributed by atoms with E-state index in [0.29, 0.717) is 6.61 Å². The Morgan fingerprint density at radius 3 is 2.21 bits per heavy atom. The Hall–Kier alpha value is -3.00. The van der Waals surface area contributed by atoms with Crippen LogP contribution in [0.4, 0.5) is 0 Å². The lowest BCUT2D eigenvalue weighted by Crippen LogP contribution is -2.11. The van der Waals surface area contributed by atoms with Crippen LogP contribution in [0.3, 0.4) is 0 Å². The quantitative estimate of drug-likeness (QED) is 0.674. The molecule has 0 aromatic heterocycles. The summed E-state index contributed by atoms with van der Waals surface area (Å²) in [6.45, 7) is 0.572. The first-order valence-corrected chi connectivity index (χ1v) is 8.02. The fourth-order valence-corrected chi connectivity index (χ4v) is 3.14. The molecule has 3 aromatic carbocycles. The maximum Gasteiger partial charge on any atom is 0.127 e. The van der Waals surface area contributed by atoms with Gasteiger partial charge >= 0.3 is 0 Å². The molecule has 0 spiro atoms. The van der Waals surface area contributed by atoms with Gasteiger partial charge in [-0.3, -0.25) is 0 Å². The summed E-state index contributed by atoms with van der Waals surface area (Å²) < 4.78 is 11.3. The zero-order valence-electron chi connectivity index (χ0n) is 13.5. The topological polar surface area (TPSA) is 18.5 Å². The van der Waals surface area contributed by atoms with Gasteiger partial charge in [0, 0.05) is 11.1 Å². The summed E-state index contributed by atoms with van der Waals surface area (Å²) >= 11 is 0. The van der Waals surface area contributed by atoms with E-state index in [2.05, 4.69) is 48.5 Å². The monoisotopic (exact) mass is 314 g/mol. The Morgan fingerprint density at radius 1 is 0.750 bits per heavy atom. The number of methoxy groups -OCH3 is 1. The number of ether oxygens (including phenoxy) is 2. The average Bonchev–Trinajstić information content (AvgIpc) is 2.68. The van der Waals surface area contributed by atoms with E-state index in [1.165, 1.54) is 22.3 Å². The van der Waals surface area contributed by atoms with Crippen molar-refractivity contribution in [1.29, 1.82) is 0 Å². The minimum absolute atomic E-state index is 0.572. The first-order valence-electron chi connectivity index (χ1n) is 8.02. The van der Waals surface area contributed by atoms with Gasteiger partial charge in [0.1, 0.15) is 18.1 Å². The number of fused-ring (bicyclic) bond motifs is 1. The van der Waals surface area contributed by atoms with Crippen LogP contribution in [-0.2, 0) is 0 Å². The minimum Gasteiger partial charge on any atom is -0.497 e. The summed E-state index contributed by atoms with van der Waals surface area (Å²) in [7, 11) is 1.69. The van der Waals surface area contributed by atoms with E-state index in [1.807, 2.05) is 30.3 Å². The molecule has 1 aliphatic heterocycles. The van der Waals surface area contributed by atoms with Crippen LogP contribution in [0.1, 0.15) is 16.7 Å². The average molecular weight is 314 g/mol. The zero-order valence-corrected chi connectivity index (χ0v) is 13.5. The summed E-state index contributed by atoms with van der Waals surface area (Å²) in [6.07, 6.45) is 0. The van der Waals surface area contributed by atoms with E-state index in [-0.39, 0.29) is 0 Å². The van der Waals surface area contributed by atoms with Crippen LogP contribution >= 0.6 is 0 Å². The molecule has 0 saturated carbocycles. The minimum atomic E-state index is 0.572. The van der Waals surface area contributed by atoms with Crippen LogP contribution < -0.4 is 9.47 Å². The lowest BCUT2D eigenvalue weighted by atomic mass is 9.88. The van der Waals surface area contributed by atoms with Crippen LogP contribution in [0, 0.1) is 0 Å². The van der Waals surface area contributed by atoms with Crippen molar-refractivity contribution in [3.8, 4) is 11.5 Å². The zero-order chi connectivity index (χ0) is 16.4. The predicted octanol–water partition coefficient (Wildman–Crippen LogP) is 5.05. The highest BCUT2D eigenvalue weighted by molar-refractivity contribution is 6.01. The smallest absolute Gasteiger partial charge is 0.127 e. The van der Waals surface area contributed by atoms with E-state index in [4.69, 9.17) is 9.47 Å². The molecule has 118 valence electrons. The molecule has 0 amide bonds. The Morgan fingerprint density at radius 2 is 1.46 bits per heavy atom. The summed E-state index contributed by atoms with van der Waals surface area (Å²) in [6, 6.07) is 26.9. The lowest BCUT2D eigenvalue weighted by molar-refractivity contribution is 0.365. The molecule has 0 radical (unpaired) electrons. The van der Waals surface area contributed by atoms with E-state index in [0.717, 1.165) is 17.1 Å². The first-order chi connectivity index (χ1) is 11.9. The van der Waals surface area contributed by atoms with Gasteiger partial charge in [0.25, 0.3) is 0 Å². The summed E-state index contributed by atoms with van der Waals surface area (Å²) in [5.41, 5.74) is 5.93. The Balaban J connectivity index is 1.94. The van der Waals surface area contributed by atoms with Gasteiger partial charge in [-0.2, -0.15) is 0 Å². The fraction of sp³-hybridized carbons (Fsp3) is 0.0909. The molecule has 0 bridgehead atoms. The van der Waals surface area contributed by atoms with Crippen molar-refractivity contribution >= 4 is 11.1 Å². The highest BCUT2D eigenvalue weighted by Gasteiger charge is 2.22. The maximum atomic E-state index is 6.00. The molecule has 2 heteroatoms. The molecule has 3 aromatic rings. The van der Waals surface area contributed by atoms with Crippen molar-refractivity contribution in [2.45, 2.75) is 0 Å². The number of rotatable bonds is 3. The second-order valence-electron chi connectivity index (χ2n) is 5.73. The molecule has 1 heterocycles. The second kappa shape index (κ2) is 6.25. The van der Waals surface area contributed by atoms with Crippen LogP contribution in [-0.4, -0.2) is 13.7 Å². The van der Waals surface area contributed by atoms with Crippen LogP contribution in [0.25, 0.3) is 11.1 Å². The first kappa shape index (κ1) is 14.6. The van der Waals surface area contributed by atoms with Crippen molar-refractivity contribution in [3.05, 3.63) is 95.6 Å². The largest absolute Gasteiger partial charge is 0.497 e. The predicted molar refractivity (Wildman–Crippen MR) is 97.3 cm³/mol. The lowest BCUT2D eigenvalue weighted by Gasteiger charge is -2.25. The van der Waals surface area contributed by atoms with Gasteiger partial charge in [0.2, 0.25) is 0 Å². The van der Waals surface area contributed by atoms with Gasteiger partial charge in [0.15, 0.2) is 0 Å². The third-order valence-corrected chi connectivity index (χ3v) is 4.33. The third kappa shape index (κ3) is 2.56. The number of hydrogen-bond acceptors (Lipinski definition) is 2. The van der Waals surface area contributed by atoms with Crippen LogP contribution in [0.2, 0.25) is 0 Å². The fourth-order valence-electron chi connectivity index (χ4n) is 3.14. The van der Waals surface area contributed by atoms with E-state index >= 15 is 0 Å². The molecule has 0 fully saturated rings. The van der Waals surface area contributed by atoms with Crippen LogP contribution in [0.5, 0.6) is 11.5 Å². The number of para-hydroxylation sites is 1. The molecule has 0 aliphatic carbocycles. The third-order valence-electron chi connectivity index (χ3n) is 4.33. The summed E-state index contributed by atoms with van der Waals surface area (Å²) in [5.74, 6) is 1.80. The normalized spacial score (nSPS) is 13.2. The molecule has 4 rings (SSSR count). The maximum absolute atomic E-state index is 6.00. The molecule has 24 heavy (non-hydrogen) atoms. The van der Waals surface area contributed by atoms with E-state index in [9.17, 15) is 0 Å².